The minimum Gasteiger partial charge on any atom is -0.354 e. The number of guanidine groups is 1. The third kappa shape index (κ3) is 6.22. The molecule has 2 N–H and O–H groups in total. The third-order valence-electron chi connectivity index (χ3n) is 4.16. The average Bonchev–Trinajstić information content (AvgIpc) is 2.77. The zero-order valence-electron chi connectivity index (χ0n) is 15.7. The van der Waals surface area contributed by atoms with Gasteiger partial charge in [-0.25, -0.2) is 4.39 Å². The SMILES string of the molecule is CN=C(NCc1cc(F)cc(Br)c1)NC(C)Cc1c(C)nn(C)c1C.I. The van der Waals surface area contributed by atoms with Gasteiger partial charge < -0.3 is 10.6 Å². The minimum atomic E-state index is -0.259. The fourth-order valence-corrected chi connectivity index (χ4v) is 3.31. The number of benzene rings is 1. The molecule has 0 saturated heterocycles. The van der Waals surface area contributed by atoms with Crippen LogP contribution in [0.4, 0.5) is 4.39 Å². The molecule has 1 aromatic carbocycles. The van der Waals surface area contributed by atoms with Gasteiger partial charge in [0.2, 0.25) is 0 Å². The van der Waals surface area contributed by atoms with Gasteiger partial charge in [-0.05, 0) is 56.5 Å². The monoisotopic (exact) mass is 537 g/mol. The molecule has 0 aliphatic rings. The lowest BCUT2D eigenvalue weighted by Crippen LogP contribution is -2.42. The van der Waals surface area contributed by atoms with Crippen molar-refractivity contribution in [2.24, 2.45) is 12.0 Å². The van der Waals surface area contributed by atoms with Gasteiger partial charge in [-0.3, -0.25) is 9.67 Å². The van der Waals surface area contributed by atoms with Crippen LogP contribution in [0.5, 0.6) is 0 Å². The van der Waals surface area contributed by atoms with E-state index in [-0.39, 0.29) is 35.8 Å². The van der Waals surface area contributed by atoms with Crippen LogP contribution in [0.2, 0.25) is 0 Å². The molecular formula is C18H26BrFIN5. The molecule has 144 valence electrons. The van der Waals surface area contributed by atoms with E-state index >= 15 is 0 Å². The van der Waals surface area contributed by atoms with Crippen LogP contribution >= 0.6 is 39.9 Å². The van der Waals surface area contributed by atoms with Crippen molar-refractivity contribution in [3.8, 4) is 0 Å². The van der Waals surface area contributed by atoms with Gasteiger partial charge in [0.1, 0.15) is 5.82 Å². The highest BCUT2D eigenvalue weighted by Crippen LogP contribution is 2.15. The number of aryl methyl sites for hydroxylation is 2. The lowest BCUT2D eigenvalue weighted by atomic mass is 10.1. The van der Waals surface area contributed by atoms with Gasteiger partial charge >= 0.3 is 0 Å². The van der Waals surface area contributed by atoms with E-state index in [0.29, 0.717) is 12.5 Å². The number of hydrogen-bond donors (Lipinski definition) is 2. The predicted octanol–water partition coefficient (Wildman–Crippen LogP) is 3.85. The summed E-state index contributed by atoms with van der Waals surface area (Å²) in [5, 5.41) is 11.1. The summed E-state index contributed by atoms with van der Waals surface area (Å²) in [4.78, 5) is 4.25. The highest BCUT2D eigenvalue weighted by molar-refractivity contribution is 14.0. The van der Waals surface area contributed by atoms with Gasteiger partial charge in [-0.1, -0.05) is 15.9 Å². The number of nitrogens with zero attached hydrogens (tertiary/aromatic N) is 3. The van der Waals surface area contributed by atoms with E-state index in [1.54, 1.807) is 7.05 Å². The number of halogens is 3. The Balaban J connectivity index is 0.00000338. The molecule has 0 saturated carbocycles. The zero-order chi connectivity index (χ0) is 18.6. The Morgan fingerprint density at radius 2 is 2.04 bits per heavy atom. The number of rotatable bonds is 5. The Morgan fingerprint density at radius 3 is 2.58 bits per heavy atom. The molecule has 5 nitrogen and oxygen atoms in total. The lowest BCUT2D eigenvalue weighted by Gasteiger charge is -2.18. The van der Waals surface area contributed by atoms with E-state index in [9.17, 15) is 4.39 Å². The summed E-state index contributed by atoms with van der Waals surface area (Å²) in [6.45, 7) is 6.71. The minimum absolute atomic E-state index is 0. The van der Waals surface area contributed by atoms with Gasteiger partial charge in [0.25, 0.3) is 0 Å². The van der Waals surface area contributed by atoms with Crippen molar-refractivity contribution in [2.45, 2.75) is 39.8 Å². The summed E-state index contributed by atoms with van der Waals surface area (Å²) in [7, 11) is 3.69. The summed E-state index contributed by atoms with van der Waals surface area (Å²) in [5.41, 5.74) is 4.34. The van der Waals surface area contributed by atoms with Crippen LogP contribution in [0.3, 0.4) is 0 Å². The third-order valence-corrected chi connectivity index (χ3v) is 4.62. The molecule has 0 aliphatic carbocycles. The molecule has 0 fully saturated rings. The maximum absolute atomic E-state index is 13.5. The van der Waals surface area contributed by atoms with Crippen molar-refractivity contribution in [1.29, 1.82) is 0 Å². The summed E-state index contributed by atoms with van der Waals surface area (Å²) in [6, 6.07) is 5.02. The van der Waals surface area contributed by atoms with Crippen LogP contribution < -0.4 is 10.6 Å². The van der Waals surface area contributed by atoms with E-state index < -0.39 is 0 Å². The average molecular weight is 538 g/mol. The Morgan fingerprint density at radius 1 is 1.35 bits per heavy atom. The van der Waals surface area contributed by atoms with Crippen molar-refractivity contribution in [3.05, 3.63) is 51.0 Å². The van der Waals surface area contributed by atoms with E-state index in [2.05, 4.69) is 50.5 Å². The number of aliphatic imine (C=N–C) groups is 1. The van der Waals surface area contributed by atoms with E-state index in [1.165, 1.54) is 23.4 Å². The maximum atomic E-state index is 13.5. The highest BCUT2D eigenvalue weighted by Gasteiger charge is 2.14. The van der Waals surface area contributed by atoms with Crippen molar-refractivity contribution < 1.29 is 4.39 Å². The first-order chi connectivity index (χ1) is 11.8. The normalized spacial score (nSPS) is 12.5. The molecule has 0 aliphatic heterocycles. The molecule has 8 heteroatoms. The number of aromatic nitrogens is 2. The Hall–Kier alpha value is -1.16. The van der Waals surface area contributed by atoms with Crippen LogP contribution in [0.15, 0.2) is 27.7 Å². The van der Waals surface area contributed by atoms with Gasteiger partial charge in [0.05, 0.1) is 5.69 Å². The Bertz CT molecular complexity index is 755. The van der Waals surface area contributed by atoms with Crippen LogP contribution in [0.1, 0.15) is 29.4 Å². The standard InChI is InChI=1S/C18H25BrFN5.HI/c1-11(6-17-12(2)24-25(5)13(17)3)23-18(21-4)22-10-14-7-15(19)9-16(20)8-14;/h7-9,11H,6,10H2,1-5H3,(H2,21,22,23);1H. The zero-order valence-corrected chi connectivity index (χ0v) is 19.6. The van der Waals surface area contributed by atoms with Crippen molar-refractivity contribution in [1.82, 2.24) is 20.4 Å². The molecule has 0 radical (unpaired) electrons. The first kappa shape index (κ1) is 22.9. The van der Waals surface area contributed by atoms with Crippen LogP contribution in [-0.4, -0.2) is 28.8 Å². The first-order valence-electron chi connectivity index (χ1n) is 8.21. The number of nitrogens with one attached hydrogen (secondary N) is 2. The largest absolute Gasteiger partial charge is 0.354 e. The Labute approximate surface area is 180 Å². The Kier molecular flexibility index (Phi) is 9.02. The predicted molar refractivity (Wildman–Crippen MR) is 119 cm³/mol. The fourth-order valence-electron chi connectivity index (χ4n) is 2.80. The first-order valence-corrected chi connectivity index (χ1v) is 9.00. The molecule has 1 heterocycles. The summed E-state index contributed by atoms with van der Waals surface area (Å²) < 4.78 is 16.1. The van der Waals surface area contributed by atoms with Crippen molar-refractivity contribution >= 4 is 45.9 Å². The molecule has 2 aromatic rings. The molecule has 1 atom stereocenters. The lowest BCUT2D eigenvalue weighted by molar-refractivity contribution is 0.620. The summed E-state index contributed by atoms with van der Waals surface area (Å²) in [5.74, 6) is 0.428. The second-order valence-corrected chi connectivity index (χ2v) is 7.14. The summed E-state index contributed by atoms with van der Waals surface area (Å²) in [6.07, 6.45) is 0.859. The topological polar surface area (TPSA) is 54.2 Å². The van der Waals surface area contributed by atoms with E-state index in [0.717, 1.165) is 22.2 Å². The fraction of sp³-hybridized carbons (Fsp3) is 0.444. The summed E-state index contributed by atoms with van der Waals surface area (Å²) >= 11 is 3.31. The number of hydrogen-bond acceptors (Lipinski definition) is 2. The van der Waals surface area contributed by atoms with Crippen LogP contribution in [-0.2, 0) is 20.0 Å². The van der Waals surface area contributed by atoms with Crippen LogP contribution in [0.25, 0.3) is 0 Å². The molecule has 0 spiro atoms. The molecular weight excluding hydrogens is 512 g/mol. The van der Waals surface area contributed by atoms with Crippen molar-refractivity contribution in [2.75, 3.05) is 7.05 Å². The molecule has 0 bridgehead atoms. The van der Waals surface area contributed by atoms with E-state index in [4.69, 9.17) is 0 Å². The molecule has 1 aromatic heterocycles. The molecule has 0 amide bonds. The van der Waals surface area contributed by atoms with Crippen molar-refractivity contribution in [3.63, 3.8) is 0 Å². The smallest absolute Gasteiger partial charge is 0.191 e. The molecule has 2 rings (SSSR count). The van der Waals surface area contributed by atoms with Gasteiger partial charge in [0, 0.05) is 36.8 Å². The maximum Gasteiger partial charge on any atom is 0.191 e. The second-order valence-electron chi connectivity index (χ2n) is 6.23. The second kappa shape index (κ2) is 10.2. The van der Waals surface area contributed by atoms with Gasteiger partial charge in [0.15, 0.2) is 5.96 Å². The van der Waals surface area contributed by atoms with Gasteiger partial charge in [-0.15, -0.1) is 24.0 Å². The van der Waals surface area contributed by atoms with E-state index in [1.807, 2.05) is 24.7 Å². The highest BCUT2D eigenvalue weighted by atomic mass is 127. The molecule has 1 unspecified atom stereocenters. The quantitative estimate of drug-likeness (QED) is 0.346. The van der Waals surface area contributed by atoms with Crippen LogP contribution in [0, 0.1) is 19.7 Å². The van der Waals surface area contributed by atoms with Gasteiger partial charge in [-0.2, -0.15) is 5.10 Å². The molecule has 26 heavy (non-hydrogen) atoms.